The van der Waals surface area contributed by atoms with Gasteiger partial charge in [-0.05, 0) is 60.4 Å². The third-order valence-electron chi connectivity index (χ3n) is 8.30. The highest BCUT2D eigenvalue weighted by Gasteiger charge is 2.56. The SMILES string of the molecule is COC(=O)C1O[C@@H](Oc2c(C(C)C)cc(O)cc2C(C)C)C(OC(=O)c2ccccc2)[C@H](OC(=O)c2ccccc2)[C@@H]1OC(=O)c1ccccc1. The van der Waals surface area contributed by atoms with Gasteiger partial charge in [-0.25, -0.2) is 19.2 Å². The summed E-state index contributed by atoms with van der Waals surface area (Å²) in [4.78, 5) is 54.4. The molecule has 0 aliphatic carbocycles. The van der Waals surface area contributed by atoms with Gasteiger partial charge in [-0.2, -0.15) is 0 Å². The summed E-state index contributed by atoms with van der Waals surface area (Å²) in [5, 5.41) is 10.6. The summed E-state index contributed by atoms with van der Waals surface area (Å²) in [6.45, 7) is 7.62. The van der Waals surface area contributed by atoms with E-state index in [1.165, 1.54) is 36.4 Å². The van der Waals surface area contributed by atoms with Crippen LogP contribution in [-0.2, 0) is 28.5 Å². The zero-order valence-corrected chi connectivity index (χ0v) is 28.9. The zero-order chi connectivity index (χ0) is 36.7. The van der Waals surface area contributed by atoms with Crippen LogP contribution in [-0.4, -0.2) is 66.8 Å². The van der Waals surface area contributed by atoms with Gasteiger partial charge in [0.05, 0.1) is 23.8 Å². The smallest absolute Gasteiger partial charge is 0.339 e. The van der Waals surface area contributed by atoms with Gasteiger partial charge < -0.3 is 33.5 Å². The number of hydrogen-bond donors (Lipinski definition) is 1. The van der Waals surface area contributed by atoms with Gasteiger partial charge in [0.2, 0.25) is 12.4 Å². The van der Waals surface area contributed by atoms with E-state index in [2.05, 4.69) is 0 Å². The molecular formula is C40H40O11. The van der Waals surface area contributed by atoms with Crippen LogP contribution in [0.2, 0.25) is 0 Å². The fourth-order valence-electron chi connectivity index (χ4n) is 5.67. The van der Waals surface area contributed by atoms with Crippen molar-refractivity contribution in [3.8, 4) is 11.5 Å². The quantitative estimate of drug-likeness (QED) is 0.134. The summed E-state index contributed by atoms with van der Waals surface area (Å²) in [7, 11) is 1.12. The highest BCUT2D eigenvalue weighted by Crippen LogP contribution is 2.41. The lowest BCUT2D eigenvalue weighted by Crippen LogP contribution is -2.64. The number of benzene rings is 4. The molecule has 1 aliphatic rings. The van der Waals surface area contributed by atoms with E-state index in [1.807, 2.05) is 27.7 Å². The second-order valence-electron chi connectivity index (χ2n) is 12.5. The fourth-order valence-corrected chi connectivity index (χ4v) is 5.67. The lowest BCUT2D eigenvalue weighted by molar-refractivity contribution is -0.270. The molecule has 51 heavy (non-hydrogen) atoms. The molecule has 0 spiro atoms. The first-order chi connectivity index (χ1) is 24.5. The van der Waals surface area contributed by atoms with E-state index in [4.69, 9.17) is 28.4 Å². The van der Waals surface area contributed by atoms with E-state index in [0.717, 1.165) is 7.11 Å². The van der Waals surface area contributed by atoms with Gasteiger partial charge in [-0.15, -0.1) is 0 Å². The number of aromatic hydroxyl groups is 1. The number of hydrogen-bond acceptors (Lipinski definition) is 11. The standard InChI is InChI=1S/C40H40O11/c1-23(2)29-21-28(41)22-30(24(3)4)31(29)50-40-35(49-38(44)27-19-13-8-14-20-27)33(48-37(43)26-17-11-7-12-18-26)32(34(51-40)39(45)46-5)47-36(42)25-15-9-6-10-16-25/h6-24,32-35,40-41H,1-5H3/t32-,33+,34?,35?,40+/m0/s1. The number of esters is 4. The maximum Gasteiger partial charge on any atom is 0.339 e. The van der Waals surface area contributed by atoms with Gasteiger partial charge >= 0.3 is 23.9 Å². The minimum Gasteiger partial charge on any atom is -0.508 e. The van der Waals surface area contributed by atoms with Crippen molar-refractivity contribution in [3.05, 3.63) is 131 Å². The van der Waals surface area contributed by atoms with Crippen molar-refractivity contribution in [2.75, 3.05) is 7.11 Å². The lowest BCUT2D eigenvalue weighted by Gasteiger charge is -2.43. The maximum atomic E-state index is 13.7. The lowest BCUT2D eigenvalue weighted by atomic mass is 9.93. The molecule has 5 atom stereocenters. The number of carbonyl (C=O) groups excluding carboxylic acids is 4. The van der Waals surface area contributed by atoms with Crippen LogP contribution < -0.4 is 4.74 Å². The average molecular weight is 697 g/mol. The molecule has 0 aromatic heterocycles. The van der Waals surface area contributed by atoms with Crippen molar-refractivity contribution in [1.29, 1.82) is 0 Å². The second kappa shape index (κ2) is 16.4. The molecule has 1 aliphatic heterocycles. The van der Waals surface area contributed by atoms with E-state index in [-0.39, 0.29) is 34.3 Å². The minimum atomic E-state index is -1.71. The Balaban J connectivity index is 1.68. The van der Waals surface area contributed by atoms with Crippen molar-refractivity contribution < 1.29 is 52.7 Å². The first-order valence-electron chi connectivity index (χ1n) is 16.5. The molecule has 266 valence electrons. The maximum absolute atomic E-state index is 13.7. The first kappa shape index (κ1) is 36.6. The van der Waals surface area contributed by atoms with Crippen LogP contribution in [0.15, 0.2) is 103 Å². The zero-order valence-electron chi connectivity index (χ0n) is 28.9. The van der Waals surface area contributed by atoms with E-state index in [0.29, 0.717) is 16.9 Å². The molecule has 0 radical (unpaired) electrons. The fraction of sp³-hybridized carbons (Fsp3) is 0.300. The summed E-state index contributed by atoms with van der Waals surface area (Å²) in [6, 6.07) is 27.2. The Labute approximate surface area is 296 Å². The summed E-state index contributed by atoms with van der Waals surface area (Å²) < 4.78 is 35.9. The second-order valence-corrected chi connectivity index (χ2v) is 12.5. The minimum absolute atomic E-state index is 0.0151. The molecule has 4 aromatic carbocycles. The number of methoxy groups -OCH3 is 1. The van der Waals surface area contributed by atoms with Gasteiger partial charge in [0.25, 0.3) is 0 Å². The number of phenolic OH excluding ortho intramolecular Hbond substituents is 1. The first-order valence-corrected chi connectivity index (χ1v) is 16.5. The Kier molecular flexibility index (Phi) is 11.7. The van der Waals surface area contributed by atoms with Crippen LogP contribution >= 0.6 is 0 Å². The van der Waals surface area contributed by atoms with Gasteiger partial charge in [0, 0.05) is 11.1 Å². The predicted molar refractivity (Wildman–Crippen MR) is 185 cm³/mol. The molecule has 2 unspecified atom stereocenters. The van der Waals surface area contributed by atoms with Crippen LogP contribution in [0.1, 0.15) is 81.7 Å². The monoisotopic (exact) mass is 696 g/mol. The number of carbonyl (C=O) groups is 4. The van der Waals surface area contributed by atoms with Crippen LogP contribution in [0.25, 0.3) is 0 Å². The molecule has 0 saturated carbocycles. The van der Waals surface area contributed by atoms with Crippen LogP contribution in [0.3, 0.4) is 0 Å². The van der Waals surface area contributed by atoms with E-state index in [1.54, 1.807) is 66.7 Å². The van der Waals surface area contributed by atoms with Gasteiger partial charge in [-0.1, -0.05) is 82.3 Å². The van der Waals surface area contributed by atoms with Crippen LogP contribution in [0.5, 0.6) is 11.5 Å². The van der Waals surface area contributed by atoms with Gasteiger partial charge in [0.1, 0.15) is 11.5 Å². The molecule has 1 fully saturated rings. The van der Waals surface area contributed by atoms with Crippen molar-refractivity contribution in [3.63, 3.8) is 0 Å². The van der Waals surface area contributed by atoms with E-state index in [9.17, 15) is 24.3 Å². The molecule has 5 rings (SSSR count). The van der Waals surface area contributed by atoms with Crippen LogP contribution in [0, 0.1) is 0 Å². The van der Waals surface area contributed by atoms with Gasteiger partial charge in [-0.3, -0.25) is 0 Å². The largest absolute Gasteiger partial charge is 0.508 e. The summed E-state index contributed by atoms with van der Waals surface area (Å²) in [5.41, 5.74) is 1.63. The molecule has 0 bridgehead atoms. The number of rotatable bonds is 11. The predicted octanol–water partition coefficient (Wildman–Crippen LogP) is 6.59. The highest BCUT2D eigenvalue weighted by atomic mass is 16.7. The van der Waals surface area contributed by atoms with Crippen molar-refractivity contribution in [1.82, 2.24) is 0 Å². The highest BCUT2D eigenvalue weighted by molar-refractivity contribution is 5.91. The topological polar surface area (TPSA) is 144 Å². The Hall–Kier alpha value is -5.68. The van der Waals surface area contributed by atoms with Crippen LogP contribution in [0.4, 0.5) is 0 Å². The molecule has 11 nitrogen and oxygen atoms in total. The third kappa shape index (κ3) is 8.56. The Morgan fingerprint density at radius 3 is 1.39 bits per heavy atom. The van der Waals surface area contributed by atoms with E-state index < -0.39 is 54.6 Å². The summed E-state index contributed by atoms with van der Waals surface area (Å²) >= 11 is 0. The number of ether oxygens (including phenoxy) is 6. The van der Waals surface area contributed by atoms with Crippen molar-refractivity contribution >= 4 is 23.9 Å². The van der Waals surface area contributed by atoms with Crippen molar-refractivity contribution in [2.24, 2.45) is 0 Å². The summed E-state index contributed by atoms with van der Waals surface area (Å²) in [5.74, 6) is -3.54. The van der Waals surface area contributed by atoms with Crippen molar-refractivity contribution in [2.45, 2.75) is 70.2 Å². The Morgan fingerprint density at radius 2 is 1.00 bits per heavy atom. The Bertz CT molecular complexity index is 1790. The Morgan fingerprint density at radius 1 is 0.608 bits per heavy atom. The number of phenols is 1. The molecular weight excluding hydrogens is 656 g/mol. The molecule has 1 saturated heterocycles. The molecule has 1 N–H and O–H groups in total. The molecule has 4 aromatic rings. The average Bonchev–Trinajstić information content (AvgIpc) is 3.14. The molecule has 0 amide bonds. The third-order valence-corrected chi connectivity index (χ3v) is 8.30. The molecule has 1 heterocycles. The van der Waals surface area contributed by atoms with E-state index >= 15 is 0 Å². The molecule has 11 heteroatoms. The normalized spacial score (nSPS) is 19.9. The summed E-state index contributed by atoms with van der Waals surface area (Å²) in [6.07, 6.45) is -8.30. The van der Waals surface area contributed by atoms with Gasteiger partial charge in [0.15, 0.2) is 18.3 Å².